The molecule has 5 heteroatoms. The van der Waals surface area contributed by atoms with Gasteiger partial charge < -0.3 is 10.2 Å². The van der Waals surface area contributed by atoms with Crippen LogP contribution in [0, 0.1) is 5.82 Å². The summed E-state index contributed by atoms with van der Waals surface area (Å²) < 4.78 is 13.3. The van der Waals surface area contributed by atoms with E-state index in [4.69, 9.17) is 5.11 Å². The molecule has 2 N–H and O–H groups in total. The number of phenols is 1. The predicted molar refractivity (Wildman–Crippen MR) is 52.4 cm³/mol. The van der Waals surface area contributed by atoms with Crippen molar-refractivity contribution in [3.05, 3.63) is 34.1 Å². The van der Waals surface area contributed by atoms with Crippen molar-refractivity contribution < 1.29 is 19.4 Å². The highest BCUT2D eigenvalue weighted by Gasteiger charge is 2.08. The summed E-state index contributed by atoms with van der Waals surface area (Å²) in [6.45, 7) is 0. The van der Waals surface area contributed by atoms with Gasteiger partial charge in [-0.2, -0.15) is 0 Å². The van der Waals surface area contributed by atoms with Crippen molar-refractivity contribution in [1.29, 1.82) is 0 Å². The molecule has 0 aliphatic heterocycles. The Bertz CT molecular complexity index is 401. The van der Waals surface area contributed by atoms with E-state index in [9.17, 15) is 14.3 Å². The molecule has 1 aromatic rings. The first-order valence-electron chi connectivity index (χ1n) is 3.60. The second-order valence-electron chi connectivity index (χ2n) is 2.46. The molecule has 0 radical (unpaired) electrons. The van der Waals surface area contributed by atoms with Gasteiger partial charge >= 0.3 is 5.97 Å². The van der Waals surface area contributed by atoms with Crippen molar-refractivity contribution in [1.82, 2.24) is 0 Å². The highest BCUT2D eigenvalue weighted by atomic mass is 79.9. The lowest BCUT2D eigenvalue weighted by Gasteiger charge is -2.02. The number of halogens is 2. The lowest BCUT2D eigenvalue weighted by atomic mass is 10.2. The van der Waals surface area contributed by atoms with Crippen LogP contribution in [0.3, 0.4) is 0 Å². The van der Waals surface area contributed by atoms with Gasteiger partial charge in [0.05, 0.1) is 0 Å². The highest BCUT2D eigenvalue weighted by molar-refractivity contribution is 9.10. The molecule has 74 valence electrons. The molecule has 0 heterocycles. The first kappa shape index (κ1) is 10.7. The van der Waals surface area contributed by atoms with E-state index in [-0.39, 0.29) is 5.56 Å². The van der Waals surface area contributed by atoms with Crippen LogP contribution in [0.2, 0.25) is 0 Å². The number of phenolic OH excluding ortho intramolecular Hbond substituents is 1. The van der Waals surface area contributed by atoms with E-state index in [0.29, 0.717) is 4.47 Å². The first-order chi connectivity index (χ1) is 6.52. The van der Waals surface area contributed by atoms with Gasteiger partial charge in [-0.25, -0.2) is 9.18 Å². The van der Waals surface area contributed by atoms with Gasteiger partial charge in [0.25, 0.3) is 0 Å². The molecule has 0 amide bonds. The zero-order valence-electron chi connectivity index (χ0n) is 6.87. The minimum atomic E-state index is -1.17. The molecule has 0 unspecified atom stereocenters. The van der Waals surface area contributed by atoms with Gasteiger partial charge in [0, 0.05) is 16.1 Å². The van der Waals surface area contributed by atoms with E-state index >= 15 is 0 Å². The number of carboxylic acids is 1. The van der Waals surface area contributed by atoms with E-state index < -0.39 is 17.5 Å². The van der Waals surface area contributed by atoms with Gasteiger partial charge in [-0.1, -0.05) is 15.9 Å². The van der Waals surface area contributed by atoms with Crippen molar-refractivity contribution in [2.75, 3.05) is 0 Å². The molecule has 0 aliphatic rings. The number of aromatic hydroxyl groups is 1. The Morgan fingerprint density at radius 3 is 2.71 bits per heavy atom. The third kappa shape index (κ3) is 2.32. The van der Waals surface area contributed by atoms with Crippen LogP contribution in [0.4, 0.5) is 4.39 Å². The van der Waals surface area contributed by atoms with Crippen molar-refractivity contribution in [3.8, 4) is 5.75 Å². The predicted octanol–water partition coefficient (Wildman–Crippen LogP) is 2.39. The van der Waals surface area contributed by atoms with Crippen LogP contribution in [-0.2, 0) is 4.79 Å². The fourth-order valence-electron chi connectivity index (χ4n) is 0.870. The maximum atomic E-state index is 12.8. The summed E-state index contributed by atoms with van der Waals surface area (Å²) in [5.41, 5.74) is 0.104. The number of benzene rings is 1. The summed E-state index contributed by atoms with van der Waals surface area (Å²) in [7, 11) is 0. The maximum Gasteiger partial charge on any atom is 0.328 e. The summed E-state index contributed by atoms with van der Waals surface area (Å²) in [6.07, 6.45) is 1.93. The van der Waals surface area contributed by atoms with Crippen molar-refractivity contribution in [3.63, 3.8) is 0 Å². The van der Waals surface area contributed by atoms with Crippen LogP contribution in [0.5, 0.6) is 5.75 Å². The van der Waals surface area contributed by atoms with E-state index in [1.165, 1.54) is 6.07 Å². The van der Waals surface area contributed by atoms with Crippen LogP contribution >= 0.6 is 15.9 Å². The minimum absolute atomic E-state index is 0.104. The molecule has 0 saturated heterocycles. The quantitative estimate of drug-likeness (QED) is 0.803. The topological polar surface area (TPSA) is 57.5 Å². The molecular formula is C9H6BrFO3. The number of rotatable bonds is 2. The third-order valence-corrected chi connectivity index (χ3v) is 2.20. The molecule has 0 atom stereocenters. The van der Waals surface area contributed by atoms with E-state index in [2.05, 4.69) is 15.9 Å². The van der Waals surface area contributed by atoms with Gasteiger partial charge in [0.15, 0.2) is 11.6 Å². The Labute approximate surface area is 87.6 Å². The summed E-state index contributed by atoms with van der Waals surface area (Å²) in [6, 6.07) is 2.47. The standard InChI is InChI=1S/C9H6BrFO3/c10-6-2-3-7(11)9(14)5(6)1-4-8(12)13/h1-4,14H,(H,12,13)/b4-1+. The Hall–Kier alpha value is -1.36. The normalized spacial score (nSPS) is 10.7. The number of hydrogen-bond donors (Lipinski definition) is 2. The van der Waals surface area contributed by atoms with Crippen molar-refractivity contribution in [2.24, 2.45) is 0 Å². The molecular weight excluding hydrogens is 255 g/mol. The Balaban J connectivity index is 3.19. The average molecular weight is 261 g/mol. The second kappa shape index (κ2) is 4.23. The first-order valence-corrected chi connectivity index (χ1v) is 4.39. The fraction of sp³-hybridized carbons (Fsp3) is 0. The van der Waals surface area contributed by atoms with Crippen LogP contribution in [-0.4, -0.2) is 16.2 Å². The Morgan fingerprint density at radius 1 is 1.50 bits per heavy atom. The number of carboxylic acid groups (broad SMARTS) is 1. The van der Waals surface area contributed by atoms with Gasteiger partial charge in [-0.3, -0.25) is 0 Å². The van der Waals surface area contributed by atoms with Gasteiger partial charge in [-0.05, 0) is 18.2 Å². The van der Waals surface area contributed by atoms with Gasteiger partial charge in [0.2, 0.25) is 0 Å². The summed E-state index contributed by atoms with van der Waals surface area (Å²) in [5, 5.41) is 17.6. The molecule has 0 spiro atoms. The number of carbonyl (C=O) groups is 1. The summed E-state index contributed by atoms with van der Waals surface area (Å²) in [4.78, 5) is 10.2. The van der Waals surface area contributed by atoms with E-state index in [0.717, 1.165) is 18.2 Å². The monoisotopic (exact) mass is 260 g/mol. The molecule has 0 aromatic heterocycles. The molecule has 0 bridgehead atoms. The van der Waals surface area contributed by atoms with Crippen LogP contribution in [0.15, 0.2) is 22.7 Å². The SMILES string of the molecule is O=C(O)/C=C/c1c(Br)ccc(F)c1O. The molecule has 1 rings (SSSR count). The molecule has 0 fully saturated rings. The van der Waals surface area contributed by atoms with Crippen molar-refractivity contribution in [2.45, 2.75) is 0 Å². The summed E-state index contributed by atoms with van der Waals surface area (Å²) in [5.74, 6) is -2.53. The van der Waals surface area contributed by atoms with Crippen LogP contribution in [0.1, 0.15) is 5.56 Å². The fourth-order valence-corrected chi connectivity index (χ4v) is 1.32. The van der Waals surface area contributed by atoms with Crippen molar-refractivity contribution >= 4 is 28.0 Å². The highest BCUT2D eigenvalue weighted by Crippen LogP contribution is 2.29. The Morgan fingerprint density at radius 2 is 2.14 bits per heavy atom. The zero-order chi connectivity index (χ0) is 10.7. The average Bonchev–Trinajstić information content (AvgIpc) is 2.11. The van der Waals surface area contributed by atoms with E-state index in [1.807, 2.05) is 0 Å². The Kier molecular flexibility index (Phi) is 3.24. The minimum Gasteiger partial charge on any atom is -0.504 e. The lowest BCUT2D eigenvalue weighted by molar-refractivity contribution is -0.131. The largest absolute Gasteiger partial charge is 0.504 e. The van der Waals surface area contributed by atoms with Gasteiger partial charge in [0.1, 0.15) is 0 Å². The van der Waals surface area contributed by atoms with Crippen LogP contribution < -0.4 is 0 Å². The maximum absolute atomic E-state index is 12.8. The number of aliphatic carboxylic acids is 1. The van der Waals surface area contributed by atoms with Gasteiger partial charge in [-0.15, -0.1) is 0 Å². The smallest absolute Gasteiger partial charge is 0.328 e. The molecule has 1 aromatic carbocycles. The van der Waals surface area contributed by atoms with E-state index in [1.54, 1.807) is 0 Å². The third-order valence-electron chi connectivity index (χ3n) is 1.51. The lowest BCUT2D eigenvalue weighted by Crippen LogP contribution is -1.88. The molecule has 3 nitrogen and oxygen atoms in total. The second-order valence-corrected chi connectivity index (χ2v) is 3.32. The zero-order valence-corrected chi connectivity index (χ0v) is 8.45. The molecule has 0 aliphatic carbocycles. The summed E-state index contributed by atoms with van der Waals surface area (Å²) >= 11 is 3.06. The molecule has 0 saturated carbocycles. The van der Waals surface area contributed by atoms with Crippen LogP contribution in [0.25, 0.3) is 6.08 Å². The molecule has 14 heavy (non-hydrogen) atoms. The number of hydrogen-bond acceptors (Lipinski definition) is 2.